The highest BCUT2D eigenvalue weighted by Crippen LogP contribution is 2.33. The standard InChI is InChI=1S/C18H18N2O3/c1-12-7-3-4-8-13(12)19-17(21)11-16-18(22)20(2)14-9-5-6-10-15(14)23-16/h3-10,16H,11H2,1-2H3,(H,19,21). The van der Waals surface area contributed by atoms with Crippen LogP contribution >= 0.6 is 0 Å². The molecule has 0 bridgehead atoms. The molecule has 23 heavy (non-hydrogen) atoms. The van der Waals surface area contributed by atoms with Crippen molar-refractivity contribution in [1.82, 2.24) is 0 Å². The third-order valence-corrected chi connectivity index (χ3v) is 3.89. The summed E-state index contributed by atoms with van der Waals surface area (Å²) in [7, 11) is 1.69. The maximum absolute atomic E-state index is 12.4. The molecule has 0 spiro atoms. The fourth-order valence-corrected chi connectivity index (χ4v) is 2.58. The lowest BCUT2D eigenvalue weighted by Gasteiger charge is -2.31. The van der Waals surface area contributed by atoms with Gasteiger partial charge in [-0.25, -0.2) is 0 Å². The van der Waals surface area contributed by atoms with Crippen LogP contribution in [0.4, 0.5) is 11.4 Å². The number of para-hydroxylation sites is 3. The number of nitrogens with zero attached hydrogens (tertiary/aromatic N) is 1. The molecule has 5 heteroatoms. The molecule has 2 aromatic carbocycles. The number of carbonyl (C=O) groups is 2. The first-order valence-corrected chi connectivity index (χ1v) is 7.45. The first-order chi connectivity index (χ1) is 11.1. The molecule has 2 amide bonds. The molecule has 1 aliphatic rings. The van der Waals surface area contributed by atoms with Crippen molar-refractivity contribution in [3.63, 3.8) is 0 Å². The lowest BCUT2D eigenvalue weighted by molar-refractivity contribution is -0.130. The van der Waals surface area contributed by atoms with Gasteiger partial charge in [-0.05, 0) is 30.7 Å². The zero-order valence-corrected chi connectivity index (χ0v) is 13.1. The third-order valence-electron chi connectivity index (χ3n) is 3.89. The Morgan fingerprint density at radius 2 is 1.87 bits per heavy atom. The summed E-state index contributed by atoms with van der Waals surface area (Å²) in [5.41, 5.74) is 2.43. The maximum Gasteiger partial charge on any atom is 0.268 e. The average Bonchev–Trinajstić information content (AvgIpc) is 2.54. The number of hydrogen-bond acceptors (Lipinski definition) is 3. The Morgan fingerprint density at radius 3 is 2.65 bits per heavy atom. The molecule has 118 valence electrons. The highest BCUT2D eigenvalue weighted by Gasteiger charge is 2.33. The summed E-state index contributed by atoms with van der Waals surface area (Å²) in [5.74, 6) is 0.150. The molecule has 0 fully saturated rings. The van der Waals surface area contributed by atoms with Gasteiger partial charge in [0.25, 0.3) is 5.91 Å². The molecule has 0 saturated carbocycles. The minimum Gasteiger partial charge on any atom is -0.478 e. The van der Waals surface area contributed by atoms with Crippen molar-refractivity contribution in [2.24, 2.45) is 0 Å². The van der Waals surface area contributed by atoms with Crippen molar-refractivity contribution in [2.75, 3.05) is 17.3 Å². The number of likely N-dealkylation sites (N-methyl/N-ethyl adjacent to an activating group) is 1. The van der Waals surface area contributed by atoms with Crippen LogP contribution < -0.4 is 15.0 Å². The third kappa shape index (κ3) is 3.04. The molecular weight excluding hydrogens is 292 g/mol. The van der Waals surface area contributed by atoms with Gasteiger partial charge in [-0.1, -0.05) is 30.3 Å². The van der Waals surface area contributed by atoms with Gasteiger partial charge in [0.05, 0.1) is 12.1 Å². The first kappa shape index (κ1) is 15.1. The number of carbonyl (C=O) groups excluding carboxylic acids is 2. The van der Waals surface area contributed by atoms with E-state index in [9.17, 15) is 9.59 Å². The second-order valence-corrected chi connectivity index (χ2v) is 5.54. The second kappa shape index (κ2) is 6.12. The monoisotopic (exact) mass is 310 g/mol. The lowest BCUT2D eigenvalue weighted by Crippen LogP contribution is -2.45. The number of nitrogens with one attached hydrogen (secondary N) is 1. The van der Waals surface area contributed by atoms with Crippen molar-refractivity contribution in [2.45, 2.75) is 19.4 Å². The molecule has 0 radical (unpaired) electrons. The predicted octanol–water partition coefficient (Wildman–Crippen LogP) is 2.75. The quantitative estimate of drug-likeness (QED) is 0.948. The van der Waals surface area contributed by atoms with Crippen molar-refractivity contribution < 1.29 is 14.3 Å². The van der Waals surface area contributed by atoms with Gasteiger partial charge in [0.2, 0.25) is 5.91 Å². The van der Waals surface area contributed by atoms with E-state index in [1.807, 2.05) is 49.4 Å². The topological polar surface area (TPSA) is 58.6 Å². The van der Waals surface area contributed by atoms with Gasteiger partial charge >= 0.3 is 0 Å². The van der Waals surface area contributed by atoms with Gasteiger partial charge in [0, 0.05) is 12.7 Å². The summed E-state index contributed by atoms with van der Waals surface area (Å²) in [6, 6.07) is 14.8. The average molecular weight is 310 g/mol. The summed E-state index contributed by atoms with van der Waals surface area (Å²) in [6.45, 7) is 1.92. The molecule has 3 rings (SSSR count). The van der Waals surface area contributed by atoms with Crippen LogP contribution in [0.2, 0.25) is 0 Å². The number of anilines is 2. The molecule has 1 heterocycles. The summed E-state index contributed by atoms with van der Waals surface area (Å²) in [5, 5.41) is 2.83. The SMILES string of the molecule is Cc1ccccc1NC(=O)CC1Oc2ccccc2N(C)C1=O. The van der Waals surface area contributed by atoms with E-state index in [1.54, 1.807) is 13.1 Å². The van der Waals surface area contributed by atoms with Crippen LogP contribution in [0.5, 0.6) is 5.75 Å². The zero-order chi connectivity index (χ0) is 16.4. The van der Waals surface area contributed by atoms with E-state index in [-0.39, 0.29) is 18.2 Å². The van der Waals surface area contributed by atoms with Crippen molar-refractivity contribution in [3.8, 4) is 5.75 Å². The number of rotatable bonds is 3. The number of hydrogen-bond donors (Lipinski definition) is 1. The van der Waals surface area contributed by atoms with Crippen LogP contribution in [0.3, 0.4) is 0 Å². The number of amides is 2. The number of fused-ring (bicyclic) bond motifs is 1. The van der Waals surface area contributed by atoms with Gasteiger partial charge in [0.1, 0.15) is 5.75 Å². The van der Waals surface area contributed by atoms with E-state index in [4.69, 9.17) is 4.74 Å². The fourth-order valence-electron chi connectivity index (χ4n) is 2.58. The van der Waals surface area contributed by atoms with Crippen LogP contribution in [-0.4, -0.2) is 25.0 Å². The molecule has 0 aliphatic carbocycles. The summed E-state index contributed by atoms with van der Waals surface area (Å²) in [4.78, 5) is 26.1. The highest BCUT2D eigenvalue weighted by atomic mass is 16.5. The smallest absolute Gasteiger partial charge is 0.268 e. The Hall–Kier alpha value is -2.82. The minimum atomic E-state index is -0.807. The van der Waals surface area contributed by atoms with Crippen molar-refractivity contribution in [3.05, 3.63) is 54.1 Å². The number of benzene rings is 2. The van der Waals surface area contributed by atoms with E-state index >= 15 is 0 Å². The van der Waals surface area contributed by atoms with Crippen LogP contribution in [0.15, 0.2) is 48.5 Å². The van der Waals surface area contributed by atoms with Gasteiger partial charge in [0.15, 0.2) is 6.10 Å². The first-order valence-electron chi connectivity index (χ1n) is 7.45. The largest absolute Gasteiger partial charge is 0.478 e. The molecule has 1 aliphatic heterocycles. The van der Waals surface area contributed by atoms with E-state index in [0.29, 0.717) is 11.4 Å². The van der Waals surface area contributed by atoms with E-state index in [0.717, 1.165) is 11.3 Å². The number of aryl methyl sites for hydroxylation is 1. The van der Waals surface area contributed by atoms with Gasteiger partial charge < -0.3 is 15.0 Å². The van der Waals surface area contributed by atoms with E-state index < -0.39 is 6.10 Å². The summed E-state index contributed by atoms with van der Waals surface area (Å²) in [6.07, 6.45) is -0.829. The molecule has 0 saturated heterocycles. The van der Waals surface area contributed by atoms with Gasteiger partial charge in [-0.2, -0.15) is 0 Å². The molecule has 2 aromatic rings. The Labute approximate surface area is 134 Å². The lowest BCUT2D eigenvalue weighted by atomic mass is 10.1. The van der Waals surface area contributed by atoms with Crippen molar-refractivity contribution in [1.29, 1.82) is 0 Å². The molecule has 1 N–H and O–H groups in total. The van der Waals surface area contributed by atoms with E-state index in [2.05, 4.69) is 5.32 Å². The second-order valence-electron chi connectivity index (χ2n) is 5.54. The van der Waals surface area contributed by atoms with Crippen LogP contribution in [-0.2, 0) is 9.59 Å². The zero-order valence-electron chi connectivity index (χ0n) is 13.1. The van der Waals surface area contributed by atoms with Crippen molar-refractivity contribution >= 4 is 23.2 Å². The maximum atomic E-state index is 12.4. The number of ether oxygens (including phenoxy) is 1. The molecule has 0 aromatic heterocycles. The van der Waals surface area contributed by atoms with E-state index in [1.165, 1.54) is 4.90 Å². The van der Waals surface area contributed by atoms with Gasteiger partial charge in [-0.3, -0.25) is 9.59 Å². The summed E-state index contributed by atoms with van der Waals surface area (Å²) >= 11 is 0. The Bertz CT molecular complexity index is 757. The van der Waals surface area contributed by atoms with Gasteiger partial charge in [-0.15, -0.1) is 0 Å². The molecule has 5 nitrogen and oxygen atoms in total. The minimum absolute atomic E-state index is 0.0220. The van der Waals surface area contributed by atoms with Crippen LogP contribution in [0.1, 0.15) is 12.0 Å². The highest BCUT2D eigenvalue weighted by molar-refractivity contribution is 6.03. The molecular formula is C18H18N2O3. The molecule has 1 unspecified atom stereocenters. The summed E-state index contributed by atoms with van der Waals surface area (Å²) < 4.78 is 5.70. The van der Waals surface area contributed by atoms with Crippen LogP contribution in [0.25, 0.3) is 0 Å². The Kier molecular flexibility index (Phi) is 4.02. The molecule has 1 atom stereocenters. The Balaban J connectivity index is 1.72. The fraction of sp³-hybridized carbons (Fsp3) is 0.222. The normalized spacial score (nSPS) is 16.5. The predicted molar refractivity (Wildman–Crippen MR) is 88.7 cm³/mol. The Morgan fingerprint density at radius 1 is 1.17 bits per heavy atom. The van der Waals surface area contributed by atoms with Crippen LogP contribution in [0, 0.1) is 6.92 Å².